The summed E-state index contributed by atoms with van der Waals surface area (Å²) in [7, 11) is 4.56. The Hall–Kier alpha value is -0.920. The first-order valence-electron chi connectivity index (χ1n) is 7.25. The summed E-state index contributed by atoms with van der Waals surface area (Å²) in [6.07, 6.45) is 3.33. The van der Waals surface area contributed by atoms with Gasteiger partial charge in [-0.05, 0) is 29.6 Å². The molecule has 4 heteroatoms. The van der Waals surface area contributed by atoms with Crippen LogP contribution in [-0.4, -0.2) is 25.1 Å². The highest BCUT2D eigenvalue weighted by atomic mass is 31.0. The minimum atomic E-state index is 0.145. The van der Waals surface area contributed by atoms with Crippen LogP contribution in [-0.2, 0) is 9.57 Å². The molecule has 1 heterocycles. The summed E-state index contributed by atoms with van der Waals surface area (Å²) >= 11 is 0. The Labute approximate surface area is 123 Å². The molecule has 0 bridgehead atoms. The molecule has 0 radical (unpaired) electrons. The molecular weight excluding hydrogens is 269 g/mol. The van der Waals surface area contributed by atoms with E-state index in [1.807, 2.05) is 0 Å². The zero-order valence-corrected chi connectivity index (χ0v) is 13.7. The van der Waals surface area contributed by atoms with E-state index in [1.54, 1.807) is 7.11 Å². The van der Waals surface area contributed by atoms with Crippen molar-refractivity contribution in [1.82, 2.24) is 0 Å². The molecule has 0 aliphatic carbocycles. The lowest BCUT2D eigenvalue weighted by Crippen LogP contribution is -2.13. The topological polar surface area (TPSA) is 30.8 Å². The minimum absolute atomic E-state index is 0.145. The first-order valence-corrected chi connectivity index (χ1v) is 8.07. The molecule has 1 aromatic carbocycles. The quantitative estimate of drug-likeness (QED) is 0.747. The molecule has 1 aromatic rings. The van der Waals surface area contributed by atoms with Crippen molar-refractivity contribution in [2.45, 2.75) is 38.9 Å². The molecule has 1 aliphatic rings. The number of benzene rings is 1. The van der Waals surface area contributed by atoms with E-state index in [0.717, 1.165) is 30.3 Å². The largest absolute Gasteiger partial charge is 0.392 e. The summed E-state index contributed by atoms with van der Waals surface area (Å²) in [6.45, 7) is 4.33. The molecule has 20 heavy (non-hydrogen) atoms. The maximum Gasteiger partial charge on any atom is 0.133 e. The molecule has 0 fully saturated rings. The van der Waals surface area contributed by atoms with E-state index in [-0.39, 0.29) is 12.2 Å². The van der Waals surface area contributed by atoms with Gasteiger partial charge in [0.25, 0.3) is 0 Å². The van der Waals surface area contributed by atoms with Crippen molar-refractivity contribution >= 4 is 15.0 Å². The fourth-order valence-electron chi connectivity index (χ4n) is 2.50. The fourth-order valence-corrected chi connectivity index (χ4v) is 2.75. The molecule has 1 aliphatic heterocycles. The molecule has 4 unspecified atom stereocenters. The fraction of sp³-hybridized carbons (Fsp3) is 0.562. The summed E-state index contributed by atoms with van der Waals surface area (Å²) < 4.78 is 5.62. The molecule has 0 saturated heterocycles. The van der Waals surface area contributed by atoms with Crippen LogP contribution < -0.4 is 0 Å². The predicted octanol–water partition coefficient (Wildman–Crippen LogP) is 3.79. The lowest BCUT2D eigenvalue weighted by atomic mass is 9.96. The normalized spacial score (nSPS) is 21.2. The van der Waals surface area contributed by atoms with Crippen molar-refractivity contribution in [2.24, 2.45) is 11.1 Å². The van der Waals surface area contributed by atoms with Crippen LogP contribution in [0, 0.1) is 5.92 Å². The van der Waals surface area contributed by atoms with Gasteiger partial charge in [-0.3, -0.25) is 0 Å². The van der Waals surface area contributed by atoms with Gasteiger partial charge in [0.1, 0.15) is 6.10 Å². The van der Waals surface area contributed by atoms with Gasteiger partial charge in [-0.25, -0.2) is 0 Å². The van der Waals surface area contributed by atoms with Crippen molar-refractivity contribution in [3.05, 3.63) is 35.4 Å². The first kappa shape index (κ1) is 15.5. The molecule has 3 nitrogen and oxygen atoms in total. The monoisotopic (exact) mass is 293 g/mol. The van der Waals surface area contributed by atoms with Gasteiger partial charge in [0.2, 0.25) is 0 Å². The van der Waals surface area contributed by atoms with E-state index in [2.05, 4.69) is 52.5 Å². The average molecular weight is 293 g/mol. The molecule has 0 saturated carbocycles. The summed E-state index contributed by atoms with van der Waals surface area (Å²) in [5.74, 6) is 0.479. The maximum absolute atomic E-state index is 5.62. The Morgan fingerprint density at radius 1 is 1.40 bits per heavy atom. The number of methoxy groups -OCH3 is 1. The zero-order valence-electron chi connectivity index (χ0n) is 12.5. The van der Waals surface area contributed by atoms with Crippen LogP contribution in [0.15, 0.2) is 29.4 Å². The number of rotatable bonds is 6. The SMILES string of the molecule is CCC1CC(c2ccc(C(OC)C(C)CP)cc2)=NO1. The van der Waals surface area contributed by atoms with Gasteiger partial charge in [-0.1, -0.05) is 43.3 Å². The Kier molecular flexibility index (Phi) is 5.56. The average Bonchev–Trinajstić information content (AvgIpc) is 2.97. The van der Waals surface area contributed by atoms with E-state index in [0.29, 0.717) is 5.92 Å². The van der Waals surface area contributed by atoms with Gasteiger partial charge < -0.3 is 9.57 Å². The second-order valence-electron chi connectivity index (χ2n) is 5.37. The lowest BCUT2D eigenvalue weighted by molar-refractivity contribution is 0.0662. The lowest BCUT2D eigenvalue weighted by Gasteiger charge is -2.22. The van der Waals surface area contributed by atoms with Crippen LogP contribution in [0.5, 0.6) is 0 Å². The highest BCUT2D eigenvalue weighted by molar-refractivity contribution is 7.16. The minimum Gasteiger partial charge on any atom is -0.392 e. The number of hydrogen-bond acceptors (Lipinski definition) is 3. The third-order valence-electron chi connectivity index (χ3n) is 3.90. The molecule has 2 rings (SSSR count). The Morgan fingerprint density at radius 3 is 2.60 bits per heavy atom. The van der Waals surface area contributed by atoms with Crippen molar-refractivity contribution < 1.29 is 9.57 Å². The Bertz CT molecular complexity index is 458. The Morgan fingerprint density at radius 2 is 2.10 bits per heavy atom. The molecule has 0 aromatic heterocycles. The molecular formula is C16H24NO2P. The molecule has 110 valence electrons. The van der Waals surface area contributed by atoms with Crippen LogP contribution >= 0.6 is 9.24 Å². The van der Waals surface area contributed by atoms with Crippen LogP contribution in [0.1, 0.15) is 43.9 Å². The van der Waals surface area contributed by atoms with Crippen molar-refractivity contribution in [3.63, 3.8) is 0 Å². The smallest absolute Gasteiger partial charge is 0.133 e. The Balaban J connectivity index is 2.10. The summed E-state index contributed by atoms with van der Waals surface area (Å²) in [5, 5.41) is 4.19. The van der Waals surface area contributed by atoms with E-state index < -0.39 is 0 Å². The maximum atomic E-state index is 5.62. The summed E-state index contributed by atoms with van der Waals surface area (Å²) in [6, 6.07) is 8.53. The first-order chi connectivity index (χ1) is 9.69. The molecule has 0 spiro atoms. The van der Waals surface area contributed by atoms with Crippen molar-refractivity contribution in [1.29, 1.82) is 0 Å². The van der Waals surface area contributed by atoms with E-state index in [1.165, 1.54) is 5.56 Å². The third-order valence-corrected chi connectivity index (χ3v) is 4.65. The van der Waals surface area contributed by atoms with E-state index in [9.17, 15) is 0 Å². The van der Waals surface area contributed by atoms with Crippen LogP contribution in [0.3, 0.4) is 0 Å². The van der Waals surface area contributed by atoms with Crippen molar-refractivity contribution in [3.8, 4) is 0 Å². The van der Waals surface area contributed by atoms with Gasteiger partial charge in [-0.2, -0.15) is 0 Å². The van der Waals surface area contributed by atoms with E-state index in [4.69, 9.17) is 9.57 Å². The number of oxime groups is 1. The highest BCUT2D eigenvalue weighted by Gasteiger charge is 2.21. The van der Waals surface area contributed by atoms with Crippen LogP contribution in [0.2, 0.25) is 0 Å². The standard InChI is InChI=1S/C16H24NO2P/c1-4-14-9-15(17-19-14)12-5-7-13(8-6-12)16(18-3)11(2)10-20/h5-8,11,14,16H,4,9-10,20H2,1-3H3. The summed E-state index contributed by atoms with van der Waals surface area (Å²) in [4.78, 5) is 5.38. The second-order valence-corrected chi connectivity index (χ2v) is 5.84. The summed E-state index contributed by atoms with van der Waals surface area (Å²) in [5.41, 5.74) is 3.42. The number of nitrogens with zero attached hydrogens (tertiary/aromatic N) is 1. The van der Waals surface area contributed by atoms with Crippen LogP contribution in [0.4, 0.5) is 0 Å². The van der Waals surface area contributed by atoms with E-state index >= 15 is 0 Å². The molecule has 4 atom stereocenters. The third kappa shape index (κ3) is 3.39. The molecule has 0 N–H and O–H groups in total. The number of ether oxygens (including phenoxy) is 1. The van der Waals surface area contributed by atoms with Gasteiger partial charge >= 0.3 is 0 Å². The van der Waals surface area contributed by atoms with Gasteiger partial charge in [0.15, 0.2) is 0 Å². The van der Waals surface area contributed by atoms with Gasteiger partial charge in [0.05, 0.1) is 11.8 Å². The second kappa shape index (κ2) is 7.19. The predicted molar refractivity (Wildman–Crippen MR) is 86.3 cm³/mol. The van der Waals surface area contributed by atoms with Gasteiger partial charge in [0, 0.05) is 13.5 Å². The van der Waals surface area contributed by atoms with Crippen LogP contribution in [0.25, 0.3) is 0 Å². The zero-order chi connectivity index (χ0) is 14.5. The van der Waals surface area contributed by atoms with Crippen molar-refractivity contribution in [2.75, 3.05) is 13.3 Å². The van der Waals surface area contributed by atoms with Gasteiger partial charge in [-0.15, -0.1) is 9.24 Å². The number of hydrogen-bond donors (Lipinski definition) is 0. The molecule has 0 amide bonds. The highest BCUT2D eigenvalue weighted by Crippen LogP contribution is 2.28.